The van der Waals surface area contributed by atoms with Crippen molar-refractivity contribution in [1.82, 2.24) is 20.3 Å². The Labute approximate surface area is 65.6 Å². The maximum absolute atomic E-state index is 4.07. The summed E-state index contributed by atoms with van der Waals surface area (Å²) in [6.07, 6.45) is 4.30. The minimum Gasteiger partial charge on any atom is -0.298 e. The SMILES string of the molecule is CN1CCCC1c1cn[nH]n1. The van der Waals surface area contributed by atoms with E-state index >= 15 is 0 Å². The first-order chi connectivity index (χ1) is 5.38. The molecular formula is C7H12N4. The molecule has 1 aromatic rings. The predicted octanol–water partition coefficient (Wildman–Crippen LogP) is 0.571. The molecule has 1 saturated heterocycles. The molecule has 1 fully saturated rings. The summed E-state index contributed by atoms with van der Waals surface area (Å²) < 4.78 is 0. The lowest BCUT2D eigenvalue weighted by molar-refractivity contribution is 0.311. The first-order valence-corrected chi connectivity index (χ1v) is 3.94. The van der Waals surface area contributed by atoms with Gasteiger partial charge in [-0.25, -0.2) is 0 Å². The second kappa shape index (κ2) is 2.62. The number of aromatic nitrogens is 3. The fraction of sp³-hybridized carbons (Fsp3) is 0.714. The van der Waals surface area contributed by atoms with Crippen molar-refractivity contribution in [2.75, 3.05) is 13.6 Å². The van der Waals surface area contributed by atoms with Gasteiger partial charge in [0.15, 0.2) is 0 Å². The van der Waals surface area contributed by atoms with Crippen molar-refractivity contribution in [3.05, 3.63) is 11.9 Å². The molecule has 0 radical (unpaired) electrons. The van der Waals surface area contributed by atoms with E-state index in [2.05, 4.69) is 27.4 Å². The van der Waals surface area contributed by atoms with Crippen LogP contribution in [0.4, 0.5) is 0 Å². The molecule has 0 aromatic carbocycles. The quantitative estimate of drug-likeness (QED) is 0.640. The molecule has 0 bridgehead atoms. The summed E-state index contributed by atoms with van der Waals surface area (Å²) in [5.74, 6) is 0. The highest BCUT2D eigenvalue weighted by atomic mass is 15.3. The molecule has 4 heteroatoms. The summed E-state index contributed by atoms with van der Waals surface area (Å²) in [5, 5.41) is 10.5. The van der Waals surface area contributed by atoms with Crippen LogP contribution in [0.25, 0.3) is 0 Å². The van der Waals surface area contributed by atoms with E-state index in [0.717, 1.165) is 5.69 Å². The third kappa shape index (κ3) is 1.14. The van der Waals surface area contributed by atoms with Crippen molar-refractivity contribution in [3.8, 4) is 0 Å². The van der Waals surface area contributed by atoms with E-state index < -0.39 is 0 Å². The Hall–Kier alpha value is -0.900. The molecule has 1 aliphatic heterocycles. The number of hydrogen-bond donors (Lipinski definition) is 1. The van der Waals surface area contributed by atoms with Crippen LogP contribution < -0.4 is 0 Å². The Morgan fingerprint density at radius 1 is 1.73 bits per heavy atom. The summed E-state index contributed by atoms with van der Waals surface area (Å²) >= 11 is 0. The van der Waals surface area contributed by atoms with Gasteiger partial charge in [-0.05, 0) is 26.4 Å². The normalized spacial score (nSPS) is 26.1. The summed E-state index contributed by atoms with van der Waals surface area (Å²) in [4.78, 5) is 2.32. The van der Waals surface area contributed by atoms with Crippen molar-refractivity contribution in [2.24, 2.45) is 0 Å². The van der Waals surface area contributed by atoms with Crippen LogP contribution >= 0.6 is 0 Å². The highest BCUT2D eigenvalue weighted by molar-refractivity contribution is 5.01. The molecule has 1 N–H and O–H groups in total. The van der Waals surface area contributed by atoms with Gasteiger partial charge in [-0.1, -0.05) is 0 Å². The average Bonchev–Trinajstić information content (AvgIpc) is 2.55. The molecule has 1 aliphatic rings. The van der Waals surface area contributed by atoms with Gasteiger partial charge in [-0.3, -0.25) is 4.90 Å². The zero-order valence-corrected chi connectivity index (χ0v) is 6.62. The van der Waals surface area contributed by atoms with Gasteiger partial charge in [-0.15, -0.1) is 0 Å². The summed E-state index contributed by atoms with van der Waals surface area (Å²) in [6, 6.07) is 0.494. The molecule has 0 spiro atoms. The van der Waals surface area contributed by atoms with Gasteiger partial charge >= 0.3 is 0 Å². The van der Waals surface area contributed by atoms with Crippen LogP contribution in [-0.4, -0.2) is 33.9 Å². The van der Waals surface area contributed by atoms with Gasteiger partial charge in [0.2, 0.25) is 0 Å². The van der Waals surface area contributed by atoms with Crippen LogP contribution in [0.15, 0.2) is 6.20 Å². The number of nitrogens with one attached hydrogen (secondary N) is 1. The van der Waals surface area contributed by atoms with Gasteiger partial charge in [0.05, 0.1) is 17.9 Å². The van der Waals surface area contributed by atoms with Crippen molar-refractivity contribution >= 4 is 0 Å². The minimum atomic E-state index is 0.494. The molecule has 0 aliphatic carbocycles. The smallest absolute Gasteiger partial charge is 0.0995 e. The number of rotatable bonds is 1. The van der Waals surface area contributed by atoms with E-state index in [-0.39, 0.29) is 0 Å². The van der Waals surface area contributed by atoms with Crippen LogP contribution in [0.3, 0.4) is 0 Å². The van der Waals surface area contributed by atoms with Gasteiger partial charge < -0.3 is 0 Å². The minimum absolute atomic E-state index is 0.494. The molecule has 2 heterocycles. The molecule has 0 saturated carbocycles. The second-order valence-corrected chi connectivity index (χ2v) is 3.03. The Morgan fingerprint density at radius 2 is 2.64 bits per heavy atom. The lowest BCUT2D eigenvalue weighted by Crippen LogP contribution is -2.17. The van der Waals surface area contributed by atoms with Crippen LogP contribution in [0, 0.1) is 0 Å². The Balaban J connectivity index is 2.16. The maximum atomic E-state index is 4.07. The number of H-pyrrole nitrogens is 1. The predicted molar refractivity (Wildman–Crippen MR) is 41.0 cm³/mol. The summed E-state index contributed by atoms with van der Waals surface area (Å²) in [7, 11) is 2.13. The Morgan fingerprint density at radius 3 is 3.18 bits per heavy atom. The molecular weight excluding hydrogens is 140 g/mol. The van der Waals surface area contributed by atoms with E-state index in [1.807, 2.05) is 6.20 Å². The van der Waals surface area contributed by atoms with Gasteiger partial charge in [-0.2, -0.15) is 15.4 Å². The van der Waals surface area contributed by atoms with Crippen LogP contribution in [0.5, 0.6) is 0 Å². The fourth-order valence-corrected chi connectivity index (χ4v) is 1.65. The van der Waals surface area contributed by atoms with Crippen molar-refractivity contribution in [3.63, 3.8) is 0 Å². The molecule has 2 rings (SSSR count). The average molecular weight is 152 g/mol. The molecule has 0 amide bonds. The molecule has 60 valence electrons. The van der Waals surface area contributed by atoms with E-state index in [0.29, 0.717) is 6.04 Å². The highest BCUT2D eigenvalue weighted by Crippen LogP contribution is 2.27. The molecule has 11 heavy (non-hydrogen) atoms. The standard InChI is InChI=1S/C7H12N4/c1-11-4-2-3-7(11)6-5-8-10-9-6/h5,7H,2-4H2,1H3,(H,8,9,10). The topological polar surface area (TPSA) is 44.8 Å². The fourth-order valence-electron chi connectivity index (χ4n) is 1.65. The number of nitrogens with zero attached hydrogens (tertiary/aromatic N) is 3. The van der Waals surface area contributed by atoms with Gasteiger partial charge in [0.1, 0.15) is 0 Å². The number of aromatic amines is 1. The van der Waals surface area contributed by atoms with Gasteiger partial charge in [0, 0.05) is 0 Å². The number of likely N-dealkylation sites (tertiary alicyclic amines) is 1. The van der Waals surface area contributed by atoms with Crippen molar-refractivity contribution in [2.45, 2.75) is 18.9 Å². The second-order valence-electron chi connectivity index (χ2n) is 3.03. The van der Waals surface area contributed by atoms with Crippen molar-refractivity contribution < 1.29 is 0 Å². The molecule has 1 atom stereocenters. The zero-order chi connectivity index (χ0) is 7.68. The number of hydrogen-bond acceptors (Lipinski definition) is 3. The van der Waals surface area contributed by atoms with E-state index in [4.69, 9.17) is 0 Å². The largest absolute Gasteiger partial charge is 0.298 e. The molecule has 1 unspecified atom stereocenters. The maximum Gasteiger partial charge on any atom is 0.0995 e. The lowest BCUT2D eigenvalue weighted by Gasteiger charge is -2.15. The van der Waals surface area contributed by atoms with E-state index in [1.165, 1.54) is 19.4 Å². The van der Waals surface area contributed by atoms with Crippen LogP contribution in [0.2, 0.25) is 0 Å². The highest BCUT2D eigenvalue weighted by Gasteiger charge is 2.24. The first-order valence-electron chi connectivity index (χ1n) is 3.94. The first kappa shape index (κ1) is 6.79. The molecule has 4 nitrogen and oxygen atoms in total. The molecule has 1 aromatic heterocycles. The van der Waals surface area contributed by atoms with E-state index in [1.54, 1.807) is 0 Å². The third-order valence-corrected chi connectivity index (χ3v) is 2.30. The van der Waals surface area contributed by atoms with Crippen molar-refractivity contribution in [1.29, 1.82) is 0 Å². The van der Waals surface area contributed by atoms with Crippen LogP contribution in [-0.2, 0) is 0 Å². The van der Waals surface area contributed by atoms with E-state index in [9.17, 15) is 0 Å². The summed E-state index contributed by atoms with van der Waals surface area (Å²) in [5.41, 5.74) is 1.07. The summed E-state index contributed by atoms with van der Waals surface area (Å²) in [6.45, 7) is 1.18. The van der Waals surface area contributed by atoms with Crippen LogP contribution in [0.1, 0.15) is 24.6 Å². The Bertz CT molecular complexity index is 218. The zero-order valence-electron chi connectivity index (χ0n) is 6.62. The van der Waals surface area contributed by atoms with Gasteiger partial charge in [0.25, 0.3) is 0 Å². The monoisotopic (exact) mass is 152 g/mol. The lowest BCUT2D eigenvalue weighted by atomic mass is 10.2. The third-order valence-electron chi connectivity index (χ3n) is 2.30. The Kier molecular flexibility index (Phi) is 1.62.